The molecule has 1 aromatic rings. The van der Waals surface area contributed by atoms with E-state index in [1.165, 1.54) is 69.8 Å². The Labute approximate surface area is 189 Å². The van der Waals surface area contributed by atoms with Gasteiger partial charge in [-0.15, -0.1) is 0 Å². The van der Waals surface area contributed by atoms with Gasteiger partial charge in [0.15, 0.2) is 0 Å². The van der Waals surface area contributed by atoms with Crippen LogP contribution in [-0.2, 0) is 16.0 Å². The van der Waals surface area contributed by atoms with Gasteiger partial charge in [0.25, 0.3) is 0 Å². The summed E-state index contributed by atoms with van der Waals surface area (Å²) in [5.41, 5.74) is 1.62. The van der Waals surface area contributed by atoms with Crippen LogP contribution in [0.2, 0.25) is 0 Å². The first kappa shape index (κ1) is 22.8. The zero-order valence-corrected chi connectivity index (χ0v) is 19.5. The van der Waals surface area contributed by atoms with E-state index in [1.807, 2.05) is 0 Å². The van der Waals surface area contributed by atoms with Gasteiger partial charge in [0.2, 0.25) is 5.91 Å². The lowest BCUT2D eigenvalue weighted by Crippen LogP contribution is -2.59. The topological polar surface area (TPSA) is 38.3 Å². The molecule has 4 bridgehead atoms. The molecule has 1 aromatic carbocycles. The molecule has 0 aromatic heterocycles. The van der Waals surface area contributed by atoms with Crippen LogP contribution in [0.25, 0.3) is 0 Å². The molecule has 4 aliphatic rings. The number of benzene rings is 1. The van der Waals surface area contributed by atoms with E-state index >= 15 is 0 Å². The summed E-state index contributed by atoms with van der Waals surface area (Å²) in [5.74, 6) is 3.01. The number of hydrogen-bond donors (Lipinski definition) is 1. The molecule has 3 heteroatoms. The molecule has 3 nitrogen and oxygen atoms in total. The smallest absolute Gasteiger partial charge is 0.220 e. The number of unbranched alkanes of at least 4 members (excludes halogenated alkanes) is 5. The number of rotatable bonds is 14. The summed E-state index contributed by atoms with van der Waals surface area (Å²) in [6.07, 6.45) is 18.1. The molecular formula is C28H43NO2. The predicted octanol–water partition coefficient (Wildman–Crippen LogP) is 6.45. The minimum Gasteiger partial charge on any atom is -0.381 e. The number of carbonyl (C=O) groups is 1. The molecule has 1 N–H and O–H groups in total. The van der Waals surface area contributed by atoms with E-state index in [1.54, 1.807) is 0 Å². The SMILES string of the molecule is O=C(CCCCCCOCCCCCc1ccccc1)NC12CC3CC(CC(C3)C1)C2. The van der Waals surface area contributed by atoms with Gasteiger partial charge in [0, 0.05) is 25.2 Å². The van der Waals surface area contributed by atoms with Gasteiger partial charge >= 0.3 is 0 Å². The molecule has 1 amide bonds. The number of carbonyl (C=O) groups excluding carboxylic acids is 1. The van der Waals surface area contributed by atoms with Crippen molar-refractivity contribution < 1.29 is 9.53 Å². The molecule has 4 fully saturated rings. The minimum atomic E-state index is 0.181. The van der Waals surface area contributed by atoms with Gasteiger partial charge in [0.05, 0.1) is 0 Å². The van der Waals surface area contributed by atoms with Crippen LogP contribution in [0.4, 0.5) is 0 Å². The number of amides is 1. The fourth-order valence-electron chi connectivity index (χ4n) is 6.92. The van der Waals surface area contributed by atoms with Crippen LogP contribution >= 0.6 is 0 Å². The third-order valence-corrected chi connectivity index (χ3v) is 7.98. The normalized spacial score (nSPS) is 28.7. The molecule has 4 saturated carbocycles. The van der Waals surface area contributed by atoms with Gasteiger partial charge in [-0.3, -0.25) is 4.79 Å². The maximum atomic E-state index is 12.5. The Balaban J connectivity index is 0.953. The monoisotopic (exact) mass is 425 g/mol. The Bertz CT molecular complexity index is 636. The van der Waals surface area contributed by atoms with E-state index in [0.29, 0.717) is 12.3 Å². The van der Waals surface area contributed by atoms with E-state index < -0.39 is 0 Å². The molecule has 0 heterocycles. The summed E-state index contributed by atoms with van der Waals surface area (Å²) >= 11 is 0. The van der Waals surface area contributed by atoms with Gasteiger partial charge in [-0.05, 0) is 93.9 Å². The summed E-state index contributed by atoms with van der Waals surface area (Å²) in [5, 5.41) is 3.51. The summed E-state index contributed by atoms with van der Waals surface area (Å²) in [4.78, 5) is 12.5. The van der Waals surface area contributed by atoms with Crippen molar-refractivity contribution in [1.29, 1.82) is 0 Å². The highest BCUT2D eigenvalue weighted by molar-refractivity contribution is 5.76. The van der Waals surface area contributed by atoms with Crippen LogP contribution in [0.5, 0.6) is 0 Å². The molecule has 5 rings (SSSR count). The molecule has 31 heavy (non-hydrogen) atoms. The second-order valence-electron chi connectivity index (χ2n) is 10.8. The van der Waals surface area contributed by atoms with E-state index in [-0.39, 0.29) is 5.54 Å². The second-order valence-corrected chi connectivity index (χ2v) is 10.8. The zero-order valence-electron chi connectivity index (χ0n) is 19.5. The van der Waals surface area contributed by atoms with Crippen LogP contribution in [0.1, 0.15) is 95.5 Å². The third-order valence-electron chi connectivity index (χ3n) is 7.98. The highest BCUT2D eigenvalue weighted by Gasteiger charge is 2.51. The summed E-state index contributed by atoms with van der Waals surface area (Å²) in [6.45, 7) is 1.76. The van der Waals surface area contributed by atoms with Gasteiger partial charge in [-0.2, -0.15) is 0 Å². The Morgan fingerprint density at radius 2 is 1.39 bits per heavy atom. The van der Waals surface area contributed by atoms with Crippen molar-refractivity contribution in [3.8, 4) is 0 Å². The number of ether oxygens (including phenoxy) is 1. The molecule has 172 valence electrons. The van der Waals surface area contributed by atoms with Gasteiger partial charge in [-0.25, -0.2) is 0 Å². The number of hydrogen-bond acceptors (Lipinski definition) is 2. The highest BCUT2D eigenvalue weighted by atomic mass is 16.5. The van der Waals surface area contributed by atoms with Crippen molar-refractivity contribution in [3.63, 3.8) is 0 Å². The highest BCUT2D eigenvalue weighted by Crippen LogP contribution is 2.55. The average molecular weight is 426 g/mol. The van der Waals surface area contributed by atoms with Gasteiger partial charge < -0.3 is 10.1 Å². The van der Waals surface area contributed by atoms with E-state index in [2.05, 4.69) is 35.6 Å². The van der Waals surface area contributed by atoms with Crippen LogP contribution < -0.4 is 5.32 Å². The largest absolute Gasteiger partial charge is 0.381 e. The Morgan fingerprint density at radius 3 is 2.03 bits per heavy atom. The number of aryl methyl sites for hydroxylation is 1. The van der Waals surface area contributed by atoms with Crippen LogP contribution in [0.3, 0.4) is 0 Å². The molecular weight excluding hydrogens is 382 g/mol. The fourth-order valence-corrected chi connectivity index (χ4v) is 6.92. The third kappa shape index (κ3) is 7.07. The maximum absolute atomic E-state index is 12.5. The molecule has 4 aliphatic carbocycles. The van der Waals surface area contributed by atoms with E-state index in [9.17, 15) is 4.79 Å². The Hall–Kier alpha value is -1.35. The molecule has 0 atom stereocenters. The van der Waals surface area contributed by atoms with Crippen molar-refractivity contribution in [2.75, 3.05) is 13.2 Å². The first-order chi connectivity index (χ1) is 15.2. The van der Waals surface area contributed by atoms with Crippen molar-refractivity contribution in [2.24, 2.45) is 17.8 Å². The molecule has 0 spiro atoms. The lowest BCUT2D eigenvalue weighted by molar-refractivity contribution is -0.127. The van der Waals surface area contributed by atoms with Crippen molar-refractivity contribution >= 4 is 5.91 Å². The zero-order chi connectivity index (χ0) is 21.4. The number of nitrogens with one attached hydrogen (secondary N) is 1. The molecule has 0 radical (unpaired) electrons. The van der Waals surface area contributed by atoms with Crippen LogP contribution in [0.15, 0.2) is 30.3 Å². The Morgan fingerprint density at radius 1 is 0.806 bits per heavy atom. The van der Waals surface area contributed by atoms with Crippen molar-refractivity contribution in [2.45, 2.75) is 102 Å². The lowest BCUT2D eigenvalue weighted by atomic mass is 9.53. The van der Waals surface area contributed by atoms with Crippen molar-refractivity contribution in [3.05, 3.63) is 35.9 Å². The minimum absolute atomic E-state index is 0.181. The Kier molecular flexibility index (Phi) is 8.47. The first-order valence-electron chi connectivity index (χ1n) is 13.1. The maximum Gasteiger partial charge on any atom is 0.220 e. The molecule has 0 unspecified atom stereocenters. The quantitative estimate of drug-likeness (QED) is 0.348. The summed E-state index contributed by atoms with van der Waals surface area (Å²) in [7, 11) is 0. The molecule has 0 saturated heterocycles. The molecule has 0 aliphatic heterocycles. The lowest BCUT2D eigenvalue weighted by Gasteiger charge is -2.56. The second kappa shape index (κ2) is 11.5. The average Bonchev–Trinajstić information content (AvgIpc) is 2.74. The fraction of sp³-hybridized carbons (Fsp3) is 0.750. The van der Waals surface area contributed by atoms with Crippen LogP contribution in [0, 0.1) is 17.8 Å². The van der Waals surface area contributed by atoms with Crippen molar-refractivity contribution in [1.82, 2.24) is 5.32 Å². The van der Waals surface area contributed by atoms with Crippen LogP contribution in [-0.4, -0.2) is 24.7 Å². The van der Waals surface area contributed by atoms with E-state index in [0.717, 1.165) is 56.7 Å². The standard InChI is InChI=1S/C28H43NO2/c30-27(29-28-20-24-17-25(21-28)19-26(18-24)22-28)14-8-1-2-9-15-31-16-10-4-7-13-23-11-5-3-6-12-23/h3,5-6,11-12,24-26H,1-2,4,7-10,13-22H2,(H,29,30). The summed E-state index contributed by atoms with van der Waals surface area (Å²) in [6, 6.07) is 10.7. The van der Waals surface area contributed by atoms with Gasteiger partial charge in [0.1, 0.15) is 0 Å². The van der Waals surface area contributed by atoms with E-state index in [4.69, 9.17) is 4.74 Å². The first-order valence-corrected chi connectivity index (χ1v) is 13.1. The summed E-state index contributed by atoms with van der Waals surface area (Å²) < 4.78 is 5.79. The predicted molar refractivity (Wildman–Crippen MR) is 127 cm³/mol. The van der Waals surface area contributed by atoms with Gasteiger partial charge in [-0.1, -0.05) is 49.6 Å².